The number of hydrogen-bond donors (Lipinski definition) is 1. The van der Waals surface area contributed by atoms with Gasteiger partial charge in [0, 0.05) is 6.54 Å². The zero-order chi connectivity index (χ0) is 18.2. The second-order valence-corrected chi connectivity index (χ2v) is 5.66. The van der Waals surface area contributed by atoms with E-state index in [1.807, 2.05) is 12.1 Å². The molecule has 2 aromatic carbocycles. The van der Waals surface area contributed by atoms with E-state index in [1.165, 1.54) is 0 Å². The number of carbonyl (C=O) groups excluding carboxylic acids is 1. The normalized spacial score (nSPS) is 11.6. The van der Waals surface area contributed by atoms with Crippen molar-refractivity contribution in [3.8, 4) is 6.07 Å². The average molecular weight is 343 g/mol. The second-order valence-electron chi connectivity index (χ2n) is 5.66. The SMILES string of the molecule is C[C@H](NC(=O)N(Cc1ccccc1)CC(F)F)c1ccc(C#N)cc1. The van der Waals surface area contributed by atoms with Crippen molar-refractivity contribution in [2.75, 3.05) is 6.54 Å². The zero-order valence-corrected chi connectivity index (χ0v) is 13.8. The molecule has 0 aliphatic carbocycles. The molecular formula is C19H19F2N3O. The quantitative estimate of drug-likeness (QED) is 0.859. The third kappa shape index (κ3) is 5.57. The van der Waals surface area contributed by atoms with Crippen LogP contribution >= 0.6 is 0 Å². The summed E-state index contributed by atoms with van der Waals surface area (Å²) in [5.74, 6) is 0. The van der Waals surface area contributed by atoms with Gasteiger partial charge in [0.15, 0.2) is 0 Å². The summed E-state index contributed by atoms with van der Waals surface area (Å²) in [6, 6.07) is 16.9. The van der Waals surface area contributed by atoms with Crippen LogP contribution in [0.5, 0.6) is 0 Å². The Balaban J connectivity index is 2.05. The van der Waals surface area contributed by atoms with Gasteiger partial charge in [-0.1, -0.05) is 42.5 Å². The van der Waals surface area contributed by atoms with E-state index < -0.39 is 19.0 Å². The first-order valence-corrected chi connectivity index (χ1v) is 7.87. The fraction of sp³-hybridized carbons (Fsp3) is 0.263. The van der Waals surface area contributed by atoms with Gasteiger partial charge in [-0.3, -0.25) is 0 Å². The Morgan fingerprint density at radius 2 is 1.80 bits per heavy atom. The largest absolute Gasteiger partial charge is 0.331 e. The third-order valence-corrected chi connectivity index (χ3v) is 3.74. The first-order valence-electron chi connectivity index (χ1n) is 7.87. The summed E-state index contributed by atoms with van der Waals surface area (Å²) in [6.45, 7) is 1.24. The molecule has 25 heavy (non-hydrogen) atoms. The predicted molar refractivity (Wildman–Crippen MR) is 91.0 cm³/mol. The molecule has 1 N–H and O–H groups in total. The van der Waals surface area contributed by atoms with E-state index in [2.05, 4.69) is 5.32 Å². The molecule has 2 rings (SSSR count). The number of benzene rings is 2. The zero-order valence-electron chi connectivity index (χ0n) is 13.8. The van der Waals surface area contributed by atoms with Crippen LogP contribution in [0.1, 0.15) is 29.7 Å². The molecule has 0 aromatic heterocycles. The maximum absolute atomic E-state index is 12.8. The molecule has 0 fully saturated rings. The number of carbonyl (C=O) groups is 1. The minimum Gasteiger partial charge on any atom is -0.331 e. The first-order chi connectivity index (χ1) is 12.0. The number of amides is 2. The summed E-state index contributed by atoms with van der Waals surface area (Å²) in [7, 11) is 0. The Morgan fingerprint density at radius 3 is 2.36 bits per heavy atom. The number of nitrogens with zero attached hydrogens (tertiary/aromatic N) is 2. The molecule has 2 aromatic rings. The summed E-state index contributed by atoms with van der Waals surface area (Å²) in [5.41, 5.74) is 2.10. The molecule has 2 amide bonds. The van der Waals surface area contributed by atoms with E-state index in [0.29, 0.717) is 5.56 Å². The van der Waals surface area contributed by atoms with Crippen molar-refractivity contribution in [3.63, 3.8) is 0 Å². The van der Waals surface area contributed by atoms with E-state index in [0.717, 1.165) is 16.0 Å². The number of alkyl halides is 2. The summed E-state index contributed by atoms with van der Waals surface area (Å²) in [4.78, 5) is 13.5. The van der Waals surface area contributed by atoms with Gasteiger partial charge in [0.1, 0.15) is 0 Å². The van der Waals surface area contributed by atoms with Crippen LogP contribution in [0, 0.1) is 11.3 Å². The molecule has 0 heterocycles. The lowest BCUT2D eigenvalue weighted by atomic mass is 10.1. The van der Waals surface area contributed by atoms with Crippen LogP contribution in [-0.2, 0) is 6.54 Å². The Bertz CT molecular complexity index is 727. The van der Waals surface area contributed by atoms with Gasteiger partial charge in [-0.2, -0.15) is 5.26 Å². The Hall–Kier alpha value is -2.94. The van der Waals surface area contributed by atoms with Crippen molar-refractivity contribution in [1.82, 2.24) is 10.2 Å². The second kappa shape index (κ2) is 8.78. The molecule has 4 nitrogen and oxygen atoms in total. The number of urea groups is 1. The molecule has 130 valence electrons. The fourth-order valence-electron chi connectivity index (χ4n) is 2.40. The summed E-state index contributed by atoms with van der Waals surface area (Å²) in [5, 5.41) is 11.5. The Kier molecular flexibility index (Phi) is 6.47. The summed E-state index contributed by atoms with van der Waals surface area (Å²) >= 11 is 0. The van der Waals surface area contributed by atoms with Crippen molar-refractivity contribution in [2.45, 2.75) is 25.9 Å². The number of hydrogen-bond acceptors (Lipinski definition) is 2. The molecule has 0 aliphatic rings. The number of halogens is 2. The van der Waals surface area contributed by atoms with E-state index >= 15 is 0 Å². The van der Waals surface area contributed by atoms with Gasteiger partial charge < -0.3 is 10.2 Å². The van der Waals surface area contributed by atoms with Crippen LogP contribution in [-0.4, -0.2) is 23.9 Å². The van der Waals surface area contributed by atoms with Gasteiger partial charge in [-0.05, 0) is 30.2 Å². The predicted octanol–water partition coefficient (Wildman–Crippen LogP) is 4.10. The smallest absolute Gasteiger partial charge is 0.318 e. The van der Waals surface area contributed by atoms with Gasteiger partial charge in [0.05, 0.1) is 24.2 Å². The number of rotatable bonds is 6. The lowest BCUT2D eigenvalue weighted by molar-refractivity contribution is 0.0949. The van der Waals surface area contributed by atoms with Crippen molar-refractivity contribution < 1.29 is 13.6 Å². The highest BCUT2D eigenvalue weighted by atomic mass is 19.3. The van der Waals surface area contributed by atoms with Crippen LogP contribution in [0.25, 0.3) is 0 Å². The molecule has 0 radical (unpaired) electrons. The van der Waals surface area contributed by atoms with Gasteiger partial charge in [0.25, 0.3) is 6.43 Å². The van der Waals surface area contributed by atoms with E-state index in [4.69, 9.17) is 5.26 Å². The average Bonchev–Trinajstić information content (AvgIpc) is 2.61. The molecule has 0 spiro atoms. The standard InChI is InChI=1S/C19H19F2N3O/c1-14(17-9-7-15(11-22)8-10-17)23-19(25)24(13-18(20)21)12-16-5-3-2-4-6-16/h2-10,14,18H,12-13H2,1H3,(H,23,25)/t14-/m0/s1. The molecule has 0 bridgehead atoms. The Morgan fingerprint density at radius 1 is 1.16 bits per heavy atom. The van der Waals surface area contributed by atoms with Gasteiger partial charge in [-0.25, -0.2) is 13.6 Å². The van der Waals surface area contributed by atoms with Crippen molar-refractivity contribution in [1.29, 1.82) is 5.26 Å². The van der Waals surface area contributed by atoms with Crippen LogP contribution in [0.4, 0.5) is 13.6 Å². The molecule has 0 saturated carbocycles. The van der Waals surface area contributed by atoms with E-state index in [-0.39, 0.29) is 12.6 Å². The lowest BCUT2D eigenvalue weighted by Gasteiger charge is -2.25. The van der Waals surface area contributed by atoms with E-state index in [9.17, 15) is 13.6 Å². The number of nitrogens with one attached hydrogen (secondary N) is 1. The molecule has 6 heteroatoms. The van der Waals surface area contributed by atoms with Gasteiger partial charge in [-0.15, -0.1) is 0 Å². The minimum atomic E-state index is -2.61. The summed E-state index contributed by atoms with van der Waals surface area (Å²) < 4.78 is 25.7. The molecule has 0 aliphatic heterocycles. The summed E-state index contributed by atoms with van der Waals surface area (Å²) in [6.07, 6.45) is -2.61. The van der Waals surface area contributed by atoms with Crippen molar-refractivity contribution >= 4 is 6.03 Å². The molecule has 0 unspecified atom stereocenters. The highest BCUT2D eigenvalue weighted by Gasteiger charge is 2.20. The van der Waals surface area contributed by atoms with Gasteiger partial charge >= 0.3 is 6.03 Å². The molecular weight excluding hydrogens is 324 g/mol. The molecule has 0 saturated heterocycles. The highest BCUT2D eigenvalue weighted by molar-refractivity contribution is 5.74. The monoisotopic (exact) mass is 343 g/mol. The fourth-order valence-corrected chi connectivity index (χ4v) is 2.40. The van der Waals surface area contributed by atoms with E-state index in [1.54, 1.807) is 55.5 Å². The maximum Gasteiger partial charge on any atom is 0.318 e. The topological polar surface area (TPSA) is 56.1 Å². The highest BCUT2D eigenvalue weighted by Crippen LogP contribution is 2.15. The molecule has 1 atom stereocenters. The lowest BCUT2D eigenvalue weighted by Crippen LogP contribution is -2.42. The van der Waals surface area contributed by atoms with Crippen LogP contribution in [0.3, 0.4) is 0 Å². The van der Waals surface area contributed by atoms with Crippen molar-refractivity contribution in [2.24, 2.45) is 0 Å². The minimum absolute atomic E-state index is 0.108. The maximum atomic E-state index is 12.8. The third-order valence-electron chi connectivity index (χ3n) is 3.74. The van der Waals surface area contributed by atoms with Crippen molar-refractivity contribution in [3.05, 3.63) is 71.3 Å². The van der Waals surface area contributed by atoms with Gasteiger partial charge in [0.2, 0.25) is 0 Å². The Labute approximate surface area is 145 Å². The van der Waals surface area contributed by atoms with Crippen LogP contribution in [0.15, 0.2) is 54.6 Å². The van der Waals surface area contributed by atoms with Crippen LogP contribution < -0.4 is 5.32 Å². The first kappa shape index (κ1) is 18.4. The number of nitriles is 1. The van der Waals surface area contributed by atoms with Crippen LogP contribution in [0.2, 0.25) is 0 Å².